The number of nitrogens with one attached hydrogen (secondary N) is 2. The fraction of sp³-hybridized carbons (Fsp3) is 0.370. The number of benzene rings is 2. The zero-order valence-corrected chi connectivity index (χ0v) is 21.5. The second-order valence-corrected chi connectivity index (χ2v) is 10.6. The summed E-state index contributed by atoms with van der Waals surface area (Å²) in [4.78, 5) is 16.8. The summed E-state index contributed by atoms with van der Waals surface area (Å²) < 4.78 is 0. The van der Waals surface area contributed by atoms with Crippen molar-refractivity contribution in [2.24, 2.45) is 0 Å². The summed E-state index contributed by atoms with van der Waals surface area (Å²) in [7, 11) is 0. The van der Waals surface area contributed by atoms with Gasteiger partial charge in [-0.3, -0.25) is 0 Å². The second kappa shape index (κ2) is 9.70. The van der Waals surface area contributed by atoms with E-state index in [1.807, 2.05) is 0 Å². The van der Waals surface area contributed by atoms with Crippen molar-refractivity contribution in [1.82, 2.24) is 15.3 Å². The molecule has 0 saturated carbocycles. The molecule has 5 rings (SSSR count). The summed E-state index contributed by atoms with van der Waals surface area (Å²) in [6, 6.07) is 21.3. The highest BCUT2D eigenvalue weighted by atomic mass is 32.1. The van der Waals surface area contributed by atoms with Gasteiger partial charge in [-0.2, -0.15) is 9.97 Å². The molecular formula is C27H33N7S. The molecule has 0 spiro atoms. The molecule has 7 nitrogen and oxygen atoms in total. The predicted octanol–water partition coefficient (Wildman–Crippen LogP) is 4.41. The lowest BCUT2D eigenvalue weighted by atomic mass is 10.1. The van der Waals surface area contributed by atoms with Crippen LogP contribution in [-0.2, 0) is 13.1 Å². The molecule has 2 N–H and O–H groups in total. The number of para-hydroxylation sites is 1. The van der Waals surface area contributed by atoms with Crippen molar-refractivity contribution < 1.29 is 0 Å². The number of nitrogens with zero attached hydrogens (tertiary/aromatic N) is 5. The molecule has 2 aliphatic heterocycles. The third-order valence-electron chi connectivity index (χ3n) is 6.30. The number of hydrogen-bond donors (Lipinski definition) is 2. The molecule has 0 aliphatic carbocycles. The van der Waals surface area contributed by atoms with E-state index in [1.165, 1.54) is 16.8 Å². The van der Waals surface area contributed by atoms with Gasteiger partial charge < -0.3 is 25.3 Å². The Morgan fingerprint density at radius 1 is 0.771 bits per heavy atom. The average Bonchev–Trinajstić information content (AvgIpc) is 3.28. The van der Waals surface area contributed by atoms with Gasteiger partial charge in [-0.05, 0) is 56.2 Å². The van der Waals surface area contributed by atoms with Crippen molar-refractivity contribution in [2.45, 2.75) is 39.4 Å². The lowest BCUT2D eigenvalue weighted by Gasteiger charge is -2.37. The van der Waals surface area contributed by atoms with Gasteiger partial charge >= 0.3 is 0 Å². The molecule has 1 fully saturated rings. The summed E-state index contributed by atoms with van der Waals surface area (Å²) in [5.41, 5.74) is 3.83. The van der Waals surface area contributed by atoms with E-state index in [2.05, 4.69) is 107 Å². The van der Waals surface area contributed by atoms with Crippen LogP contribution >= 0.6 is 12.2 Å². The molecular weight excluding hydrogens is 454 g/mol. The van der Waals surface area contributed by atoms with Crippen LogP contribution in [0.3, 0.4) is 0 Å². The largest absolute Gasteiger partial charge is 0.368 e. The maximum absolute atomic E-state index is 5.55. The Kier molecular flexibility index (Phi) is 6.47. The molecule has 3 aromatic rings. The van der Waals surface area contributed by atoms with E-state index in [4.69, 9.17) is 22.2 Å². The van der Waals surface area contributed by atoms with Crippen LogP contribution in [0.5, 0.6) is 0 Å². The van der Waals surface area contributed by atoms with Gasteiger partial charge in [0.2, 0.25) is 5.95 Å². The molecule has 1 aromatic heterocycles. The van der Waals surface area contributed by atoms with Gasteiger partial charge in [0.1, 0.15) is 11.6 Å². The highest BCUT2D eigenvalue weighted by Gasteiger charge is 2.24. The minimum Gasteiger partial charge on any atom is -0.368 e. The van der Waals surface area contributed by atoms with E-state index in [0.717, 1.165) is 50.9 Å². The zero-order valence-electron chi connectivity index (χ0n) is 20.7. The summed E-state index contributed by atoms with van der Waals surface area (Å²) in [5, 5.41) is 7.06. The SMILES string of the molecule is CC(C)(C)NC(=S)Nc1nc(N2CCN(c3ccccc3)CC2)cc(N2Cc3ccccc3C2)n1. The Bertz CT molecular complexity index is 1160. The van der Waals surface area contributed by atoms with Gasteiger partial charge in [0.05, 0.1) is 0 Å². The quantitative estimate of drug-likeness (QED) is 0.525. The van der Waals surface area contributed by atoms with Crippen molar-refractivity contribution in [3.63, 3.8) is 0 Å². The van der Waals surface area contributed by atoms with Gasteiger partial charge in [0.15, 0.2) is 5.11 Å². The zero-order chi connectivity index (χ0) is 24.4. The Labute approximate surface area is 213 Å². The molecule has 0 radical (unpaired) electrons. The minimum atomic E-state index is -0.144. The Morgan fingerprint density at radius 3 is 1.91 bits per heavy atom. The van der Waals surface area contributed by atoms with E-state index in [1.54, 1.807) is 0 Å². The van der Waals surface area contributed by atoms with Crippen LogP contribution < -0.4 is 25.3 Å². The second-order valence-electron chi connectivity index (χ2n) is 10.2. The fourth-order valence-corrected chi connectivity index (χ4v) is 5.00. The number of piperazine rings is 1. The van der Waals surface area contributed by atoms with E-state index in [0.29, 0.717) is 11.1 Å². The van der Waals surface area contributed by atoms with Gasteiger partial charge in [-0.15, -0.1) is 0 Å². The molecule has 3 heterocycles. The van der Waals surface area contributed by atoms with E-state index in [-0.39, 0.29) is 5.54 Å². The molecule has 0 unspecified atom stereocenters. The normalized spacial score (nSPS) is 15.7. The molecule has 182 valence electrons. The maximum Gasteiger partial charge on any atom is 0.232 e. The summed E-state index contributed by atoms with van der Waals surface area (Å²) in [6.45, 7) is 11.6. The highest BCUT2D eigenvalue weighted by Crippen LogP contribution is 2.30. The van der Waals surface area contributed by atoms with Crippen LogP contribution in [0.4, 0.5) is 23.3 Å². The molecule has 1 saturated heterocycles. The number of rotatable bonds is 4. The van der Waals surface area contributed by atoms with Crippen molar-refractivity contribution in [3.8, 4) is 0 Å². The molecule has 0 bridgehead atoms. The number of hydrogen-bond acceptors (Lipinski definition) is 6. The van der Waals surface area contributed by atoms with Crippen LogP contribution in [0.15, 0.2) is 60.7 Å². The molecule has 2 aliphatic rings. The van der Waals surface area contributed by atoms with Crippen LogP contribution in [0.25, 0.3) is 0 Å². The summed E-state index contributed by atoms with van der Waals surface area (Å²) >= 11 is 5.55. The number of fused-ring (bicyclic) bond motifs is 1. The summed E-state index contributed by atoms with van der Waals surface area (Å²) in [5.74, 6) is 2.37. The van der Waals surface area contributed by atoms with Crippen LogP contribution in [0.2, 0.25) is 0 Å². The van der Waals surface area contributed by atoms with Crippen molar-refractivity contribution in [2.75, 3.05) is 46.2 Å². The lowest BCUT2D eigenvalue weighted by Crippen LogP contribution is -2.47. The first-order valence-corrected chi connectivity index (χ1v) is 12.6. The lowest BCUT2D eigenvalue weighted by molar-refractivity contribution is 0.514. The Balaban J connectivity index is 1.37. The third-order valence-corrected chi connectivity index (χ3v) is 6.51. The van der Waals surface area contributed by atoms with Crippen molar-refractivity contribution in [3.05, 3.63) is 71.8 Å². The Hall–Kier alpha value is -3.39. The molecule has 35 heavy (non-hydrogen) atoms. The molecule has 0 atom stereocenters. The van der Waals surface area contributed by atoms with Gasteiger partial charge in [0.25, 0.3) is 0 Å². The maximum atomic E-state index is 5.55. The number of thiocarbonyl (C=S) groups is 1. The average molecular weight is 488 g/mol. The molecule has 0 amide bonds. The smallest absolute Gasteiger partial charge is 0.232 e. The highest BCUT2D eigenvalue weighted by molar-refractivity contribution is 7.80. The van der Waals surface area contributed by atoms with Crippen LogP contribution in [0, 0.1) is 0 Å². The Morgan fingerprint density at radius 2 is 1.31 bits per heavy atom. The first kappa shape index (κ1) is 23.4. The van der Waals surface area contributed by atoms with Crippen molar-refractivity contribution in [1.29, 1.82) is 0 Å². The van der Waals surface area contributed by atoms with E-state index >= 15 is 0 Å². The van der Waals surface area contributed by atoms with Crippen LogP contribution in [-0.4, -0.2) is 46.8 Å². The first-order valence-electron chi connectivity index (χ1n) is 12.2. The van der Waals surface area contributed by atoms with Gasteiger partial charge in [-0.1, -0.05) is 42.5 Å². The van der Waals surface area contributed by atoms with Gasteiger partial charge in [-0.25, -0.2) is 0 Å². The topological polar surface area (TPSA) is 59.6 Å². The van der Waals surface area contributed by atoms with Gasteiger partial charge in [0, 0.05) is 56.6 Å². The summed E-state index contributed by atoms with van der Waals surface area (Å²) in [6.07, 6.45) is 0. The number of aromatic nitrogens is 2. The monoisotopic (exact) mass is 487 g/mol. The third kappa shape index (κ3) is 5.65. The standard InChI is InChI=1S/C27H33N7S/c1-27(2,3)31-26(35)30-25-28-23(33-15-13-32(14-16-33)22-11-5-4-6-12-22)17-24(29-25)34-18-20-9-7-8-10-21(20)19-34/h4-12,17H,13-16,18-19H2,1-3H3,(H2,28,29,30,31,35). The van der Waals surface area contributed by atoms with Crippen molar-refractivity contribution >= 4 is 40.6 Å². The molecule has 8 heteroatoms. The molecule has 2 aromatic carbocycles. The minimum absolute atomic E-state index is 0.144. The van der Waals surface area contributed by atoms with Crippen LogP contribution in [0.1, 0.15) is 31.9 Å². The predicted molar refractivity (Wildman–Crippen MR) is 148 cm³/mol. The van der Waals surface area contributed by atoms with E-state index < -0.39 is 0 Å². The first-order chi connectivity index (χ1) is 16.8. The van der Waals surface area contributed by atoms with E-state index in [9.17, 15) is 0 Å². The fourth-order valence-electron chi connectivity index (χ4n) is 4.60. The number of anilines is 4.